The predicted molar refractivity (Wildman–Crippen MR) is 89.4 cm³/mol. The van der Waals surface area contributed by atoms with Crippen molar-refractivity contribution in [2.75, 3.05) is 13.6 Å². The first kappa shape index (κ1) is 15.1. The molecule has 2 saturated heterocycles. The van der Waals surface area contributed by atoms with E-state index in [4.69, 9.17) is 0 Å². The maximum Gasteiger partial charge on any atom is 0.0345 e. The average molecular weight is 286 g/mol. The minimum absolute atomic E-state index is 0.637. The number of piperidine rings is 1. The number of nitrogens with zero attached hydrogens (tertiary/aromatic N) is 2. The predicted octanol–water partition coefficient (Wildman–Crippen LogP) is 4.22. The SMILES string of the molecule is CC1CCC(C)N1Cc1ccc(C2CCCCN2C)cc1. The Morgan fingerprint density at radius 3 is 2.24 bits per heavy atom. The Balaban J connectivity index is 1.66. The lowest BCUT2D eigenvalue weighted by Gasteiger charge is -2.33. The van der Waals surface area contributed by atoms with Gasteiger partial charge in [0.05, 0.1) is 0 Å². The van der Waals surface area contributed by atoms with E-state index in [1.165, 1.54) is 49.8 Å². The Kier molecular flexibility index (Phi) is 4.66. The van der Waals surface area contributed by atoms with E-state index in [2.05, 4.69) is 55.0 Å². The third-order valence-corrected chi connectivity index (χ3v) is 5.63. The summed E-state index contributed by atoms with van der Waals surface area (Å²) in [6.07, 6.45) is 6.75. The van der Waals surface area contributed by atoms with Crippen LogP contribution >= 0.6 is 0 Å². The molecule has 0 bridgehead atoms. The molecule has 0 aliphatic carbocycles. The van der Waals surface area contributed by atoms with Gasteiger partial charge in [-0.1, -0.05) is 30.7 Å². The van der Waals surface area contributed by atoms with Gasteiger partial charge in [0.25, 0.3) is 0 Å². The van der Waals surface area contributed by atoms with Crippen molar-refractivity contribution in [2.45, 2.75) is 70.6 Å². The molecule has 0 N–H and O–H groups in total. The van der Waals surface area contributed by atoms with Gasteiger partial charge in [0.1, 0.15) is 0 Å². The number of likely N-dealkylation sites (tertiary alicyclic amines) is 2. The fourth-order valence-corrected chi connectivity index (χ4v) is 4.11. The van der Waals surface area contributed by atoms with Crippen LogP contribution < -0.4 is 0 Å². The third kappa shape index (κ3) is 3.32. The van der Waals surface area contributed by atoms with Crippen LogP contribution in [0, 0.1) is 0 Å². The molecule has 2 nitrogen and oxygen atoms in total. The quantitative estimate of drug-likeness (QED) is 0.821. The molecule has 2 heteroatoms. The molecule has 3 unspecified atom stereocenters. The zero-order valence-electron chi connectivity index (χ0n) is 13.9. The van der Waals surface area contributed by atoms with E-state index in [0.29, 0.717) is 6.04 Å². The maximum atomic E-state index is 2.65. The van der Waals surface area contributed by atoms with Gasteiger partial charge in [-0.05, 0) is 64.3 Å². The van der Waals surface area contributed by atoms with Crippen molar-refractivity contribution in [1.82, 2.24) is 9.80 Å². The van der Waals surface area contributed by atoms with E-state index in [0.717, 1.165) is 18.6 Å². The number of benzene rings is 1. The molecule has 1 aromatic rings. The van der Waals surface area contributed by atoms with E-state index in [1.807, 2.05) is 0 Å². The van der Waals surface area contributed by atoms with Crippen molar-refractivity contribution in [1.29, 1.82) is 0 Å². The lowest BCUT2D eigenvalue weighted by Crippen LogP contribution is -2.32. The van der Waals surface area contributed by atoms with Gasteiger partial charge in [0.15, 0.2) is 0 Å². The van der Waals surface area contributed by atoms with E-state index >= 15 is 0 Å². The van der Waals surface area contributed by atoms with Crippen LogP contribution in [0.25, 0.3) is 0 Å². The molecule has 0 saturated carbocycles. The molecular formula is C19H30N2. The Morgan fingerprint density at radius 1 is 0.952 bits per heavy atom. The van der Waals surface area contributed by atoms with Gasteiger partial charge in [-0.25, -0.2) is 0 Å². The normalized spacial score (nSPS) is 31.7. The average Bonchev–Trinajstić information content (AvgIpc) is 2.81. The molecular weight excluding hydrogens is 256 g/mol. The highest BCUT2D eigenvalue weighted by Crippen LogP contribution is 2.30. The lowest BCUT2D eigenvalue weighted by atomic mass is 9.95. The van der Waals surface area contributed by atoms with Crippen molar-refractivity contribution in [3.8, 4) is 0 Å². The second-order valence-corrected chi connectivity index (χ2v) is 7.18. The van der Waals surface area contributed by atoms with Crippen LogP contribution in [-0.4, -0.2) is 35.5 Å². The fraction of sp³-hybridized carbons (Fsp3) is 0.684. The summed E-state index contributed by atoms with van der Waals surface area (Å²) < 4.78 is 0. The monoisotopic (exact) mass is 286 g/mol. The largest absolute Gasteiger partial charge is 0.299 e. The van der Waals surface area contributed by atoms with Gasteiger partial charge >= 0.3 is 0 Å². The minimum Gasteiger partial charge on any atom is -0.299 e. The van der Waals surface area contributed by atoms with Crippen LogP contribution in [0.15, 0.2) is 24.3 Å². The van der Waals surface area contributed by atoms with Crippen LogP contribution in [0.3, 0.4) is 0 Å². The second kappa shape index (κ2) is 6.50. The van der Waals surface area contributed by atoms with E-state index in [1.54, 1.807) is 0 Å². The molecule has 3 atom stereocenters. The molecule has 2 aliphatic heterocycles. The highest BCUT2D eigenvalue weighted by Gasteiger charge is 2.27. The second-order valence-electron chi connectivity index (χ2n) is 7.18. The Morgan fingerprint density at radius 2 is 1.62 bits per heavy atom. The smallest absolute Gasteiger partial charge is 0.0345 e. The minimum atomic E-state index is 0.637. The number of hydrogen-bond acceptors (Lipinski definition) is 2. The van der Waals surface area contributed by atoms with Crippen molar-refractivity contribution >= 4 is 0 Å². The molecule has 3 rings (SSSR count). The lowest BCUT2D eigenvalue weighted by molar-refractivity contribution is 0.187. The Labute approximate surface area is 130 Å². The Bertz CT molecular complexity index is 443. The highest BCUT2D eigenvalue weighted by molar-refractivity contribution is 5.25. The Hall–Kier alpha value is -0.860. The van der Waals surface area contributed by atoms with E-state index < -0.39 is 0 Å². The molecule has 2 heterocycles. The standard InChI is InChI=1S/C19H30N2/c1-15-7-8-16(2)21(15)14-17-9-11-18(12-10-17)19-6-4-5-13-20(19)3/h9-12,15-16,19H,4-8,13-14H2,1-3H3. The zero-order chi connectivity index (χ0) is 14.8. The third-order valence-electron chi connectivity index (χ3n) is 5.63. The number of rotatable bonds is 3. The number of hydrogen-bond donors (Lipinski definition) is 0. The summed E-state index contributed by atoms with van der Waals surface area (Å²) in [4.78, 5) is 5.17. The van der Waals surface area contributed by atoms with Crippen molar-refractivity contribution in [3.05, 3.63) is 35.4 Å². The van der Waals surface area contributed by atoms with Crippen molar-refractivity contribution in [3.63, 3.8) is 0 Å². The first-order chi connectivity index (χ1) is 10.1. The highest BCUT2D eigenvalue weighted by atomic mass is 15.2. The molecule has 0 radical (unpaired) electrons. The van der Waals surface area contributed by atoms with Crippen molar-refractivity contribution in [2.24, 2.45) is 0 Å². The summed E-state index contributed by atoms with van der Waals surface area (Å²) in [5.74, 6) is 0. The summed E-state index contributed by atoms with van der Waals surface area (Å²) in [6.45, 7) is 7.10. The van der Waals surface area contributed by atoms with Crippen LogP contribution in [0.1, 0.15) is 63.1 Å². The van der Waals surface area contributed by atoms with Crippen LogP contribution in [0.2, 0.25) is 0 Å². The van der Waals surface area contributed by atoms with Gasteiger partial charge in [0, 0.05) is 24.7 Å². The van der Waals surface area contributed by atoms with E-state index in [9.17, 15) is 0 Å². The molecule has 2 fully saturated rings. The molecule has 1 aromatic carbocycles. The van der Waals surface area contributed by atoms with Crippen LogP contribution in [0.4, 0.5) is 0 Å². The summed E-state index contributed by atoms with van der Waals surface area (Å²) >= 11 is 0. The van der Waals surface area contributed by atoms with Crippen LogP contribution in [0.5, 0.6) is 0 Å². The van der Waals surface area contributed by atoms with Crippen molar-refractivity contribution < 1.29 is 0 Å². The molecule has 0 spiro atoms. The molecule has 116 valence electrons. The van der Waals surface area contributed by atoms with Gasteiger partial charge < -0.3 is 0 Å². The first-order valence-electron chi connectivity index (χ1n) is 8.70. The van der Waals surface area contributed by atoms with Gasteiger partial charge in [-0.15, -0.1) is 0 Å². The first-order valence-corrected chi connectivity index (χ1v) is 8.70. The summed E-state index contributed by atoms with van der Waals surface area (Å²) in [5.41, 5.74) is 2.97. The van der Waals surface area contributed by atoms with Gasteiger partial charge in [-0.2, -0.15) is 0 Å². The van der Waals surface area contributed by atoms with Crippen LogP contribution in [-0.2, 0) is 6.54 Å². The summed E-state index contributed by atoms with van der Waals surface area (Å²) in [5, 5.41) is 0. The maximum absolute atomic E-state index is 2.65. The van der Waals surface area contributed by atoms with Gasteiger partial charge in [-0.3, -0.25) is 9.80 Å². The fourth-order valence-electron chi connectivity index (χ4n) is 4.11. The molecule has 21 heavy (non-hydrogen) atoms. The molecule has 0 aromatic heterocycles. The molecule has 0 amide bonds. The molecule has 2 aliphatic rings. The van der Waals surface area contributed by atoms with Gasteiger partial charge in [0.2, 0.25) is 0 Å². The summed E-state index contributed by atoms with van der Waals surface area (Å²) in [6, 6.07) is 11.6. The zero-order valence-corrected chi connectivity index (χ0v) is 13.9. The summed E-state index contributed by atoms with van der Waals surface area (Å²) in [7, 11) is 2.27. The topological polar surface area (TPSA) is 6.48 Å². The van der Waals surface area contributed by atoms with E-state index in [-0.39, 0.29) is 0 Å².